The normalized spacial score (nSPS) is 16.4. The number of fused-ring (bicyclic) bond motifs is 8. The molecule has 4 aliphatic rings. The molecular formula is C49H58N12O6S2. The molecule has 6 aromatic heterocycles. The Morgan fingerprint density at radius 2 is 1.26 bits per heavy atom. The molecule has 0 bridgehead atoms. The van der Waals surface area contributed by atoms with Crippen LogP contribution in [0.4, 0.5) is 23.0 Å². The fourth-order valence-electron chi connectivity index (χ4n) is 9.63. The van der Waals surface area contributed by atoms with E-state index in [-0.39, 0.29) is 29.2 Å². The highest BCUT2D eigenvalue weighted by Crippen LogP contribution is 2.43. The van der Waals surface area contributed by atoms with Crippen LogP contribution in [0.2, 0.25) is 0 Å². The highest BCUT2D eigenvalue weighted by Gasteiger charge is 2.33. The zero-order valence-electron chi connectivity index (χ0n) is 39.7. The number of nitrogens with zero attached hydrogens (tertiary/aromatic N) is 9. The maximum atomic E-state index is 13.3. The third-order valence-corrected chi connectivity index (χ3v) is 15.4. The molecule has 0 radical (unpaired) electrons. The van der Waals surface area contributed by atoms with E-state index in [1.165, 1.54) is 27.2 Å². The fourth-order valence-corrected chi connectivity index (χ4v) is 12.2. The average molecular weight is 975 g/mol. The molecule has 0 unspecified atom stereocenters. The topological polar surface area (TPSA) is 214 Å². The van der Waals surface area contributed by atoms with E-state index in [4.69, 9.17) is 14.2 Å². The summed E-state index contributed by atoms with van der Waals surface area (Å²) in [6.45, 7) is 9.14. The Morgan fingerprint density at radius 1 is 0.725 bits per heavy atom. The van der Waals surface area contributed by atoms with Gasteiger partial charge in [0.05, 0.1) is 49.9 Å². The van der Waals surface area contributed by atoms with E-state index in [2.05, 4.69) is 64.4 Å². The summed E-state index contributed by atoms with van der Waals surface area (Å²) >= 11 is 3.28. The second-order valence-electron chi connectivity index (χ2n) is 17.5. The number of aryl methyl sites for hydroxylation is 2. The van der Waals surface area contributed by atoms with Crippen LogP contribution in [0.3, 0.4) is 0 Å². The van der Waals surface area contributed by atoms with Crippen LogP contribution in [0.5, 0.6) is 5.88 Å². The van der Waals surface area contributed by atoms with E-state index in [1.807, 2.05) is 28.1 Å². The molecule has 0 fully saturated rings. The molecular weight excluding hydrogens is 917 g/mol. The van der Waals surface area contributed by atoms with Crippen LogP contribution in [0, 0.1) is 11.8 Å². The number of hydrogen-bond donors (Lipinski definition) is 3. The van der Waals surface area contributed by atoms with Gasteiger partial charge >= 0.3 is 0 Å². The summed E-state index contributed by atoms with van der Waals surface area (Å²) < 4.78 is 16.0. The van der Waals surface area contributed by atoms with Crippen molar-refractivity contribution in [1.82, 2.24) is 39.7 Å². The van der Waals surface area contributed by atoms with Crippen LogP contribution in [0.25, 0.3) is 20.4 Å². The van der Waals surface area contributed by atoms with E-state index in [0.717, 1.165) is 112 Å². The minimum absolute atomic E-state index is 0.0105. The lowest BCUT2D eigenvalue weighted by molar-refractivity contribution is -0.137. The molecule has 0 aromatic carbocycles. The van der Waals surface area contributed by atoms with E-state index in [0.29, 0.717) is 63.2 Å². The quantitative estimate of drug-likeness (QED) is 0.0858. The first-order chi connectivity index (χ1) is 33.7. The summed E-state index contributed by atoms with van der Waals surface area (Å²) in [5, 5.41) is 8.65. The predicted molar refractivity (Wildman–Crippen MR) is 270 cm³/mol. The number of carbonyl (C=O) groups is 2. The maximum absolute atomic E-state index is 13.3. The number of aromatic nitrogens is 6. The van der Waals surface area contributed by atoms with Crippen molar-refractivity contribution in [3.63, 3.8) is 0 Å². The Bertz CT molecular complexity index is 2980. The zero-order valence-corrected chi connectivity index (χ0v) is 41.4. The smallest absolute Gasteiger partial charge is 0.271 e. The zero-order chi connectivity index (χ0) is 48.0. The van der Waals surface area contributed by atoms with E-state index >= 15 is 0 Å². The number of amides is 2. The number of anilines is 4. The second kappa shape index (κ2) is 21.6. The lowest BCUT2D eigenvalue weighted by atomic mass is 9.86. The van der Waals surface area contributed by atoms with Gasteiger partial charge in [-0.05, 0) is 74.6 Å². The molecule has 18 nitrogen and oxygen atoms in total. The molecule has 2 amide bonds. The number of rotatable bonds is 17. The highest BCUT2D eigenvalue weighted by molar-refractivity contribution is 7.19. The SMILES string of the molecule is CCCN(CCOC)C(=O)[C@H]1CCc2c(sc3ncnc(Nc4cc5c([nH]c4=O)CN=C5)c23)C1.CCCN(CCOC)C(=O)[C@H]1CCc2c(sc3ncnc(Nc4cc5c(nc4OC)CN=C5)c23)C1. The standard InChI is InChI=1S/C25H30N6O3S.C24H28N6O3S/c1-4-7-31(8-9-33-2)25(32)15-5-6-17-20(11-15)35-24-21(17)22(27-14-28-24)29-18-10-16-12-26-13-19(16)30-23(18)34-3;1-3-6-30(7-8-33-2)24(32)14-4-5-16-19(10-14)34-23-20(16)21(26-13-27-23)28-17-9-15-11-25-12-18(15)29-22(17)31/h10,12,14-15H,4-9,11,13H2,1-3H3,(H,27,28,29);9,11,13-14H,3-8,10,12H2,1-2H3,(H,29,31)(H,26,27,28)/t15-;14-/m00/s1. The van der Waals surface area contributed by atoms with Gasteiger partial charge in [-0.1, -0.05) is 13.8 Å². The molecule has 69 heavy (non-hydrogen) atoms. The van der Waals surface area contributed by atoms with E-state index < -0.39 is 0 Å². The van der Waals surface area contributed by atoms with Gasteiger partial charge in [0.2, 0.25) is 17.7 Å². The third-order valence-electron chi connectivity index (χ3n) is 13.0. The summed E-state index contributed by atoms with van der Waals surface area (Å²) in [5.41, 5.74) is 7.04. The lowest BCUT2D eigenvalue weighted by Crippen LogP contribution is -2.40. The Labute approximate surface area is 408 Å². The Kier molecular flexibility index (Phi) is 15.0. The molecule has 0 saturated heterocycles. The van der Waals surface area contributed by atoms with Crippen molar-refractivity contribution >= 4 is 90.4 Å². The number of ether oxygens (including phenoxy) is 3. The highest BCUT2D eigenvalue weighted by atomic mass is 32.1. The van der Waals surface area contributed by atoms with Crippen LogP contribution in [0.1, 0.15) is 82.9 Å². The van der Waals surface area contributed by atoms with Crippen molar-refractivity contribution in [3.8, 4) is 5.88 Å². The van der Waals surface area contributed by atoms with Gasteiger partial charge in [0.15, 0.2) is 0 Å². The van der Waals surface area contributed by atoms with E-state index in [9.17, 15) is 14.4 Å². The number of carbonyl (C=O) groups excluding carboxylic acids is 2. The molecule has 2 atom stereocenters. The molecule has 362 valence electrons. The van der Waals surface area contributed by atoms with Crippen molar-refractivity contribution < 1.29 is 23.8 Å². The van der Waals surface area contributed by atoms with Crippen LogP contribution >= 0.6 is 22.7 Å². The Morgan fingerprint density at radius 3 is 1.81 bits per heavy atom. The minimum atomic E-state index is -0.196. The summed E-state index contributed by atoms with van der Waals surface area (Å²) in [6.07, 6.45) is 13.2. The molecule has 8 heterocycles. The number of hydrogen-bond acceptors (Lipinski definition) is 17. The van der Waals surface area contributed by atoms with E-state index in [1.54, 1.807) is 56.5 Å². The molecule has 3 N–H and O–H groups in total. The van der Waals surface area contributed by atoms with Crippen LogP contribution in [0.15, 0.2) is 39.6 Å². The van der Waals surface area contributed by atoms with Crippen molar-refractivity contribution in [1.29, 1.82) is 0 Å². The van der Waals surface area contributed by atoms with Gasteiger partial charge in [-0.25, -0.2) is 24.9 Å². The number of H-pyrrole nitrogens is 1. The first-order valence-electron chi connectivity index (χ1n) is 23.6. The first-order valence-corrected chi connectivity index (χ1v) is 25.3. The van der Waals surface area contributed by atoms with Crippen molar-refractivity contribution in [3.05, 3.63) is 78.5 Å². The molecule has 0 spiro atoms. The van der Waals surface area contributed by atoms with Gasteiger partial charge in [-0.2, -0.15) is 0 Å². The monoisotopic (exact) mass is 974 g/mol. The molecule has 6 aromatic rings. The van der Waals surface area contributed by atoms with Crippen LogP contribution in [-0.4, -0.2) is 125 Å². The molecule has 10 rings (SSSR count). The number of thiophene rings is 2. The second-order valence-corrected chi connectivity index (χ2v) is 19.7. The predicted octanol–water partition coefficient (Wildman–Crippen LogP) is 6.81. The number of pyridine rings is 2. The lowest BCUT2D eigenvalue weighted by Gasteiger charge is -2.29. The molecule has 2 aliphatic heterocycles. The van der Waals surface area contributed by atoms with Crippen molar-refractivity contribution in [2.24, 2.45) is 21.8 Å². The van der Waals surface area contributed by atoms with Crippen LogP contribution in [-0.2, 0) is 57.8 Å². The molecule has 20 heteroatoms. The van der Waals surface area contributed by atoms with Gasteiger partial charge in [0.25, 0.3) is 5.56 Å². The number of nitrogens with one attached hydrogen (secondary N) is 3. The minimum Gasteiger partial charge on any atom is -0.480 e. The Balaban J connectivity index is 0.000000172. The van der Waals surface area contributed by atoms with Gasteiger partial charge < -0.3 is 39.6 Å². The van der Waals surface area contributed by atoms with Crippen molar-refractivity contribution in [2.75, 3.05) is 71.4 Å². The first kappa shape index (κ1) is 47.8. The van der Waals surface area contributed by atoms with Gasteiger partial charge in [0.1, 0.15) is 45.3 Å². The fraction of sp³-hybridized carbons (Fsp3) is 0.469. The summed E-state index contributed by atoms with van der Waals surface area (Å²) in [7, 11) is 4.95. The average Bonchev–Trinajstić information content (AvgIpc) is 4.18. The van der Waals surface area contributed by atoms with Crippen LogP contribution < -0.4 is 20.9 Å². The van der Waals surface area contributed by atoms with Gasteiger partial charge in [0, 0.05) is 91.2 Å². The van der Waals surface area contributed by atoms with Crippen molar-refractivity contribution in [2.45, 2.75) is 78.3 Å². The van der Waals surface area contributed by atoms with Gasteiger partial charge in [-0.3, -0.25) is 24.4 Å². The Hall–Kier alpha value is -6.22. The van der Waals surface area contributed by atoms with Gasteiger partial charge in [-0.15, -0.1) is 22.7 Å². The number of aliphatic imine (C=N–C) groups is 2. The summed E-state index contributed by atoms with van der Waals surface area (Å²) in [4.78, 5) is 81.3. The summed E-state index contributed by atoms with van der Waals surface area (Å²) in [5.74, 6) is 2.27. The molecule has 0 saturated carbocycles. The summed E-state index contributed by atoms with van der Waals surface area (Å²) in [6, 6.07) is 3.82. The number of methoxy groups -OCH3 is 3. The molecule has 2 aliphatic carbocycles. The largest absolute Gasteiger partial charge is 0.480 e. The number of aromatic amines is 1. The third kappa shape index (κ3) is 10.1. The maximum Gasteiger partial charge on any atom is 0.271 e.